The van der Waals surface area contributed by atoms with Crippen molar-refractivity contribution in [1.29, 1.82) is 0 Å². The van der Waals surface area contributed by atoms with Crippen molar-refractivity contribution in [3.05, 3.63) is 51.5 Å². The summed E-state index contributed by atoms with van der Waals surface area (Å²) >= 11 is 17.8. The molecular weight excluding hydrogens is 321 g/mol. The van der Waals surface area contributed by atoms with Gasteiger partial charge in [-0.05, 0) is 12.1 Å². The van der Waals surface area contributed by atoms with Gasteiger partial charge in [-0.2, -0.15) is 0 Å². The van der Waals surface area contributed by atoms with Crippen molar-refractivity contribution < 1.29 is 4.74 Å². The first kappa shape index (κ1) is 15.3. The van der Waals surface area contributed by atoms with Crippen molar-refractivity contribution in [1.82, 2.24) is 15.3 Å². The SMILES string of the molecule is Clc1cc(Cl)c(OCCNCc2cnccn2)c(Cl)c1. The third-order valence-corrected chi connectivity index (χ3v) is 3.19. The number of nitrogens with one attached hydrogen (secondary N) is 1. The molecule has 7 heteroatoms. The van der Waals surface area contributed by atoms with Gasteiger partial charge in [-0.1, -0.05) is 34.8 Å². The van der Waals surface area contributed by atoms with Gasteiger partial charge in [-0.25, -0.2) is 0 Å². The van der Waals surface area contributed by atoms with Crippen molar-refractivity contribution in [2.24, 2.45) is 0 Å². The molecule has 1 N–H and O–H groups in total. The largest absolute Gasteiger partial charge is 0.489 e. The molecule has 0 unspecified atom stereocenters. The second-order valence-electron chi connectivity index (χ2n) is 3.92. The van der Waals surface area contributed by atoms with Crippen LogP contribution in [0.25, 0.3) is 0 Å². The van der Waals surface area contributed by atoms with Crippen molar-refractivity contribution in [3.63, 3.8) is 0 Å². The fourth-order valence-electron chi connectivity index (χ4n) is 1.53. The van der Waals surface area contributed by atoms with Gasteiger partial charge >= 0.3 is 0 Å². The zero-order chi connectivity index (χ0) is 14.4. The van der Waals surface area contributed by atoms with Gasteiger partial charge in [0.1, 0.15) is 6.61 Å². The average molecular weight is 333 g/mol. The maximum Gasteiger partial charge on any atom is 0.156 e. The lowest BCUT2D eigenvalue weighted by atomic mass is 10.3. The van der Waals surface area contributed by atoms with E-state index in [1.165, 1.54) is 0 Å². The highest BCUT2D eigenvalue weighted by molar-refractivity contribution is 6.40. The Morgan fingerprint density at radius 3 is 2.50 bits per heavy atom. The van der Waals surface area contributed by atoms with Crippen LogP contribution in [-0.2, 0) is 6.54 Å². The van der Waals surface area contributed by atoms with Crippen molar-refractivity contribution in [2.45, 2.75) is 6.54 Å². The fraction of sp³-hybridized carbons (Fsp3) is 0.231. The Morgan fingerprint density at radius 2 is 1.85 bits per heavy atom. The molecule has 0 amide bonds. The monoisotopic (exact) mass is 331 g/mol. The third-order valence-electron chi connectivity index (χ3n) is 2.41. The average Bonchev–Trinajstić information content (AvgIpc) is 2.42. The van der Waals surface area contributed by atoms with Crippen LogP contribution in [0.2, 0.25) is 15.1 Å². The summed E-state index contributed by atoms with van der Waals surface area (Å²) in [6.45, 7) is 1.69. The molecule has 0 aliphatic carbocycles. The van der Waals surface area contributed by atoms with Crippen LogP contribution in [0, 0.1) is 0 Å². The Hall–Kier alpha value is -1.07. The molecule has 0 saturated heterocycles. The quantitative estimate of drug-likeness (QED) is 0.821. The number of halogens is 3. The second-order valence-corrected chi connectivity index (χ2v) is 5.17. The van der Waals surface area contributed by atoms with E-state index in [9.17, 15) is 0 Å². The van der Waals surface area contributed by atoms with E-state index in [0.29, 0.717) is 40.5 Å². The fourth-order valence-corrected chi connectivity index (χ4v) is 2.46. The summed E-state index contributed by atoms with van der Waals surface area (Å²) in [7, 11) is 0. The number of benzene rings is 1. The highest BCUT2D eigenvalue weighted by atomic mass is 35.5. The topological polar surface area (TPSA) is 47.0 Å². The Balaban J connectivity index is 1.76. The molecule has 0 aliphatic heterocycles. The highest BCUT2D eigenvalue weighted by Crippen LogP contribution is 2.35. The van der Waals surface area contributed by atoms with Crippen LogP contribution < -0.4 is 10.1 Å². The van der Waals surface area contributed by atoms with Crippen LogP contribution in [0.4, 0.5) is 0 Å². The highest BCUT2D eigenvalue weighted by Gasteiger charge is 2.08. The first-order chi connectivity index (χ1) is 9.66. The number of rotatable bonds is 6. The maximum atomic E-state index is 6.01. The normalized spacial score (nSPS) is 10.6. The van der Waals surface area contributed by atoms with Gasteiger partial charge in [0.25, 0.3) is 0 Å². The van der Waals surface area contributed by atoms with E-state index in [1.807, 2.05) is 0 Å². The molecular formula is C13H12Cl3N3O. The number of nitrogens with zero attached hydrogens (tertiary/aromatic N) is 2. The molecule has 2 aromatic rings. The summed E-state index contributed by atoms with van der Waals surface area (Å²) < 4.78 is 5.54. The van der Waals surface area contributed by atoms with Gasteiger partial charge in [-0.15, -0.1) is 0 Å². The lowest BCUT2D eigenvalue weighted by Crippen LogP contribution is -2.21. The zero-order valence-corrected chi connectivity index (χ0v) is 12.7. The maximum absolute atomic E-state index is 6.01. The van der Waals surface area contributed by atoms with Gasteiger partial charge in [0, 0.05) is 36.7 Å². The minimum Gasteiger partial charge on any atom is -0.489 e. The van der Waals surface area contributed by atoms with E-state index in [0.717, 1.165) is 5.69 Å². The van der Waals surface area contributed by atoms with Gasteiger partial charge in [-0.3, -0.25) is 9.97 Å². The smallest absolute Gasteiger partial charge is 0.156 e. The van der Waals surface area contributed by atoms with E-state index in [2.05, 4.69) is 15.3 Å². The lowest BCUT2D eigenvalue weighted by molar-refractivity contribution is 0.313. The van der Waals surface area contributed by atoms with Crippen LogP contribution in [0.15, 0.2) is 30.7 Å². The molecule has 106 valence electrons. The van der Waals surface area contributed by atoms with Gasteiger partial charge in [0.05, 0.1) is 15.7 Å². The summed E-state index contributed by atoms with van der Waals surface area (Å²) in [5.41, 5.74) is 0.870. The van der Waals surface area contributed by atoms with E-state index in [-0.39, 0.29) is 0 Å². The Kier molecular flexibility index (Phi) is 5.86. The van der Waals surface area contributed by atoms with Gasteiger partial charge in [0.15, 0.2) is 5.75 Å². The molecule has 20 heavy (non-hydrogen) atoms. The molecule has 0 saturated carbocycles. The first-order valence-corrected chi connectivity index (χ1v) is 7.03. The number of hydrogen-bond donors (Lipinski definition) is 1. The van der Waals surface area contributed by atoms with E-state index in [1.54, 1.807) is 30.7 Å². The molecule has 1 heterocycles. The van der Waals surface area contributed by atoms with Crippen molar-refractivity contribution in [3.8, 4) is 5.75 Å². The Labute approximate surface area is 132 Å². The standard InChI is InChI=1S/C13H12Cl3N3O/c14-9-5-11(15)13(12(16)6-9)20-4-3-18-8-10-7-17-1-2-19-10/h1-2,5-7,18H,3-4,8H2. The molecule has 0 atom stereocenters. The molecule has 1 aromatic heterocycles. The van der Waals surface area contributed by atoms with E-state index >= 15 is 0 Å². The molecule has 0 fully saturated rings. The summed E-state index contributed by atoms with van der Waals surface area (Å²) in [6.07, 6.45) is 5.00. The molecule has 1 aromatic carbocycles. The third kappa shape index (κ3) is 4.49. The molecule has 0 radical (unpaired) electrons. The minimum atomic E-state index is 0.399. The second kappa shape index (κ2) is 7.64. The van der Waals surface area contributed by atoms with Crippen molar-refractivity contribution in [2.75, 3.05) is 13.2 Å². The summed E-state index contributed by atoms with van der Waals surface area (Å²) in [4.78, 5) is 8.13. The predicted molar refractivity (Wildman–Crippen MR) is 80.7 cm³/mol. The van der Waals surface area contributed by atoms with Crippen LogP contribution in [0.1, 0.15) is 5.69 Å². The molecule has 4 nitrogen and oxygen atoms in total. The molecule has 0 spiro atoms. The summed E-state index contributed by atoms with van der Waals surface area (Å²) in [5.74, 6) is 0.444. The zero-order valence-electron chi connectivity index (χ0n) is 10.4. The Morgan fingerprint density at radius 1 is 1.10 bits per heavy atom. The number of aromatic nitrogens is 2. The summed E-state index contributed by atoms with van der Waals surface area (Å²) in [5, 5.41) is 4.46. The summed E-state index contributed by atoms with van der Waals surface area (Å²) in [6, 6.07) is 3.19. The van der Waals surface area contributed by atoms with Crippen LogP contribution in [0.3, 0.4) is 0 Å². The van der Waals surface area contributed by atoms with Crippen LogP contribution in [-0.4, -0.2) is 23.1 Å². The van der Waals surface area contributed by atoms with Gasteiger partial charge in [0.2, 0.25) is 0 Å². The van der Waals surface area contributed by atoms with E-state index in [4.69, 9.17) is 39.5 Å². The first-order valence-electron chi connectivity index (χ1n) is 5.90. The molecule has 0 aliphatic rings. The van der Waals surface area contributed by atoms with Crippen LogP contribution >= 0.6 is 34.8 Å². The van der Waals surface area contributed by atoms with Gasteiger partial charge < -0.3 is 10.1 Å². The minimum absolute atomic E-state index is 0.399. The lowest BCUT2D eigenvalue weighted by Gasteiger charge is -2.10. The molecule has 2 rings (SSSR count). The van der Waals surface area contributed by atoms with Crippen LogP contribution in [0.5, 0.6) is 5.75 Å². The predicted octanol–water partition coefficient (Wildman–Crippen LogP) is 3.61. The number of hydrogen-bond acceptors (Lipinski definition) is 4. The number of ether oxygens (including phenoxy) is 1. The Bertz CT molecular complexity index is 543. The van der Waals surface area contributed by atoms with E-state index < -0.39 is 0 Å². The molecule has 0 bridgehead atoms. The van der Waals surface area contributed by atoms with Crippen molar-refractivity contribution >= 4 is 34.8 Å².